The van der Waals surface area contributed by atoms with Crippen molar-refractivity contribution in [2.24, 2.45) is 7.05 Å². The molecule has 1 aliphatic heterocycles. The summed E-state index contributed by atoms with van der Waals surface area (Å²) in [6.07, 6.45) is 3.56. The Morgan fingerprint density at radius 3 is 2.86 bits per heavy atom. The van der Waals surface area contributed by atoms with Crippen LogP contribution in [-0.4, -0.2) is 57.5 Å². The van der Waals surface area contributed by atoms with Crippen LogP contribution in [0.15, 0.2) is 12.4 Å². The molecule has 0 atom stereocenters. The van der Waals surface area contributed by atoms with Crippen LogP contribution in [0.2, 0.25) is 0 Å². The molecule has 112 valence electrons. The van der Waals surface area contributed by atoms with E-state index >= 15 is 0 Å². The highest BCUT2D eigenvalue weighted by atomic mass is 32.1. The molecule has 0 bridgehead atoms. The number of hydrogen-bond donors (Lipinski definition) is 0. The maximum absolute atomic E-state index is 12.3. The second kappa shape index (κ2) is 5.78. The molecule has 8 nitrogen and oxygen atoms in total. The van der Waals surface area contributed by atoms with Crippen molar-refractivity contribution in [3.63, 3.8) is 0 Å². The van der Waals surface area contributed by atoms with Crippen LogP contribution in [0, 0.1) is 0 Å². The zero-order valence-corrected chi connectivity index (χ0v) is 12.7. The van der Waals surface area contributed by atoms with Gasteiger partial charge in [0.1, 0.15) is 5.01 Å². The van der Waals surface area contributed by atoms with E-state index in [-0.39, 0.29) is 5.91 Å². The summed E-state index contributed by atoms with van der Waals surface area (Å²) in [6, 6.07) is 0. The number of aryl methyl sites for hydroxylation is 1. The molecule has 3 rings (SSSR count). The highest BCUT2D eigenvalue weighted by Gasteiger charge is 2.26. The molecule has 2 aromatic rings. The Bertz CT molecular complexity index is 639. The number of carbonyl (C=O) groups excluding carboxylic acids is 1. The van der Waals surface area contributed by atoms with E-state index in [0.717, 1.165) is 17.2 Å². The SMILES string of the molecule is COc1nnc(CN2CCN(c3cnn(C)c3)C(=O)C2)s1. The lowest BCUT2D eigenvalue weighted by molar-refractivity contribution is -0.121. The van der Waals surface area contributed by atoms with Gasteiger partial charge in [0.15, 0.2) is 0 Å². The normalized spacial score (nSPS) is 16.5. The molecule has 0 spiro atoms. The third-order valence-corrected chi connectivity index (χ3v) is 4.15. The summed E-state index contributed by atoms with van der Waals surface area (Å²) in [5, 5.41) is 13.5. The number of ether oxygens (including phenoxy) is 1. The average Bonchev–Trinajstić information content (AvgIpc) is 3.08. The highest BCUT2D eigenvalue weighted by Crippen LogP contribution is 2.21. The summed E-state index contributed by atoms with van der Waals surface area (Å²) in [7, 11) is 3.41. The van der Waals surface area contributed by atoms with Gasteiger partial charge >= 0.3 is 0 Å². The molecule has 3 heterocycles. The van der Waals surface area contributed by atoms with Gasteiger partial charge < -0.3 is 9.64 Å². The Kier molecular flexibility index (Phi) is 3.84. The van der Waals surface area contributed by atoms with Gasteiger partial charge in [-0.15, -0.1) is 10.2 Å². The Balaban J connectivity index is 1.61. The Labute approximate surface area is 125 Å². The largest absolute Gasteiger partial charge is 0.472 e. The van der Waals surface area contributed by atoms with E-state index < -0.39 is 0 Å². The first kappa shape index (κ1) is 14.0. The topological polar surface area (TPSA) is 76.4 Å². The van der Waals surface area contributed by atoms with Crippen LogP contribution in [0.3, 0.4) is 0 Å². The molecule has 2 aromatic heterocycles. The van der Waals surface area contributed by atoms with E-state index in [1.807, 2.05) is 13.2 Å². The van der Waals surface area contributed by atoms with E-state index in [1.165, 1.54) is 11.3 Å². The van der Waals surface area contributed by atoms with E-state index in [0.29, 0.717) is 24.8 Å². The van der Waals surface area contributed by atoms with Gasteiger partial charge in [-0.25, -0.2) is 0 Å². The number of aromatic nitrogens is 4. The molecule has 0 aliphatic carbocycles. The zero-order valence-electron chi connectivity index (χ0n) is 11.9. The van der Waals surface area contributed by atoms with E-state index in [2.05, 4.69) is 20.2 Å². The summed E-state index contributed by atoms with van der Waals surface area (Å²) in [4.78, 5) is 16.1. The molecule has 1 saturated heterocycles. The molecule has 9 heteroatoms. The Morgan fingerprint density at radius 2 is 2.24 bits per heavy atom. The standard InChI is InChI=1S/C12H16N6O2S/c1-16-6-9(5-13-16)18-4-3-17(8-11(18)19)7-10-14-15-12(20-2)21-10/h5-6H,3-4,7-8H2,1-2H3. The van der Waals surface area contributed by atoms with Crippen LogP contribution in [-0.2, 0) is 18.4 Å². The van der Waals surface area contributed by atoms with Crippen molar-refractivity contribution in [2.45, 2.75) is 6.54 Å². The van der Waals surface area contributed by atoms with Gasteiger partial charge in [0.05, 0.1) is 32.1 Å². The third kappa shape index (κ3) is 3.03. The zero-order chi connectivity index (χ0) is 14.8. The summed E-state index contributed by atoms with van der Waals surface area (Å²) in [5.74, 6) is 0.0748. The molecule has 1 aliphatic rings. The number of amides is 1. The second-order valence-electron chi connectivity index (χ2n) is 4.79. The van der Waals surface area contributed by atoms with E-state index in [1.54, 1.807) is 22.9 Å². The van der Waals surface area contributed by atoms with Crippen LogP contribution < -0.4 is 9.64 Å². The minimum Gasteiger partial charge on any atom is -0.472 e. The van der Waals surface area contributed by atoms with Crippen molar-refractivity contribution in [3.05, 3.63) is 17.4 Å². The summed E-state index contributed by atoms with van der Waals surface area (Å²) in [5.41, 5.74) is 0.847. The van der Waals surface area contributed by atoms with Crippen molar-refractivity contribution >= 4 is 22.9 Å². The predicted octanol–water partition coefficient (Wildman–Crippen LogP) is 0.129. The second-order valence-corrected chi connectivity index (χ2v) is 5.82. The summed E-state index contributed by atoms with van der Waals surface area (Å²) < 4.78 is 6.72. The van der Waals surface area contributed by atoms with Crippen LogP contribution >= 0.6 is 11.3 Å². The molecule has 21 heavy (non-hydrogen) atoms. The van der Waals surface area contributed by atoms with Crippen LogP contribution in [0.25, 0.3) is 0 Å². The number of hydrogen-bond acceptors (Lipinski definition) is 7. The Hall–Kier alpha value is -2.00. The number of anilines is 1. The van der Waals surface area contributed by atoms with Crippen molar-refractivity contribution in [1.82, 2.24) is 24.9 Å². The predicted molar refractivity (Wildman–Crippen MR) is 77.3 cm³/mol. The first-order valence-corrected chi connectivity index (χ1v) is 7.35. The molecule has 1 amide bonds. The van der Waals surface area contributed by atoms with Gasteiger partial charge in [-0.05, 0) is 0 Å². The monoisotopic (exact) mass is 308 g/mol. The first-order chi connectivity index (χ1) is 10.2. The van der Waals surface area contributed by atoms with Crippen molar-refractivity contribution in [1.29, 1.82) is 0 Å². The average molecular weight is 308 g/mol. The number of nitrogens with zero attached hydrogens (tertiary/aromatic N) is 6. The number of carbonyl (C=O) groups is 1. The molecule has 0 saturated carbocycles. The van der Waals surface area contributed by atoms with Crippen LogP contribution in [0.5, 0.6) is 5.19 Å². The minimum absolute atomic E-state index is 0.0748. The molecule has 0 radical (unpaired) electrons. The summed E-state index contributed by atoms with van der Waals surface area (Å²) >= 11 is 1.40. The minimum atomic E-state index is 0.0748. The smallest absolute Gasteiger partial charge is 0.293 e. The lowest BCUT2D eigenvalue weighted by Crippen LogP contribution is -2.50. The number of methoxy groups -OCH3 is 1. The fourth-order valence-corrected chi connectivity index (χ4v) is 2.95. The summed E-state index contributed by atoms with van der Waals surface area (Å²) in [6.45, 7) is 2.44. The maximum atomic E-state index is 12.3. The lowest BCUT2D eigenvalue weighted by atomic mass is 10.3. The molecule has 0 unspecified atom stereocenters. The number of piperazine rings is 1. The molecule has 0 N–H and O–H groups in total. The molecular weight excluding hydrogens is 292 g/mol. The van der Waals surface area contributed by atoms with Gasteiger partial charge in [0.2, 0.25) is 5.91 Å². The van der Waals surface area contributed by atoms with Crippen LogP contribution in [0.1, 0.15) is 5.01 Å². The van der Waals surface area contributed by atoms with Gasteiger partial charge in [-0.2, -0.15) is 5.10 Å². The molecular formula is C12H16N6O2S. The fraction of sp³-hybridized carbons (Fsp3) is 0.500. The van der Waals surface area contributed by atoms with Crippen molar-refractivity contribution < 1.29 is 9.53 Å². The van der Waals surface area contributed by atoms with Crippen molar-refractivity contribution in [3.8, 4) is 5.19 Å². The Morgan fingerprint density at radius 1 is 1.38 bits per heavy atom. The van der Waals surface area contributed by atoms with E-state index in [4.69, 9.17) is 4.74 Å². The van der Waals surface area contributed by atoms with E-state index in [9.17, 15) is 4.79 Å². The number of rotatable bonds is 4. The lowest BCUT2D eigenvalue weighted by Gasteiger charge is -2.32. The molecule has 1 fully saturated rings. The third-order valence-electron chi connectivity index (χ3n) is 3.28. The quantitative estimate of drug-likeness (QED) is 0.799. The first-order valence-electron chi connectivity index (χ1n) is 6.53. The van der Waals surface area contributed by atoms with Crippen LogP contribution in [0.4, 0.5) is 5.69 Å². The van der Waals surface area contributed by atoms with Gasteiger partial charge in [0, 0.05) is 26.3 Å². The van der Waals surface area contributed by atoms with Gasteiger partial charge in [0.25, 0.3) is 5.19 Å². The van der Waals surface area contributed by atoms with Gasteiger partial charge in [-0.1, -0.05) is 11.3 Å². The van der Waals surface area contributed by atoms with Crippen molar-refractivity contribution in [2.75, 3.05) is 31.6 Å². The van der Waals surface area contributed by atoms with Gasteiger partial charge in [-0.3, -0.25) is 14.4 Å². The maximum Gasteiger partial charge on any atom is 0.293 e. The fourth-order valence-electron chi connectivity index (χ4n) is 2.25. The highest BCUT2D eigenvalue weighted by molar-refractivity contribution is 7.13. The molecule has 0 aromatic carbocycles.